The number of benzene rings is 1. The first-order valence-electron chi connectivity index (χ1n) is 7.35. The number of hydrogen-bond acceptors (Lipinski definition) is 3. The van der Waals surface area contributed by atoms with Crippen LogP contribution in [-0.4, -0.2) is 25.5 Å². The van der Waals surface area contributed by atoms with Crippen LogP contribution in [0.2, 0.25) is 10.0 Å². The number of carbonyl (C=O) groups excluding carboxylic acids is 1. The van der Waals surface area contributed by atoms with E-state index in [0.717, 1.165) is 12.1 Å². The molecule has 0 aliphatic heterocycles. The Labute approximate surface area is 149 Å². The van der Waals surface area contributed by atoms with Crippen molar-refractivity contribution in [1.82, 2.24) is 19.6 Å². The summed E-state index contributed by atoms with van der Waals surface area (Å²) in [5.41, 5.74) is 1.99. The fourth-order valence-electron chi connectivity index (χ4n) is 2.23. The maximum absolute atomic E-state index is 12.3. The van der Waals surface area contributed by atoms with Crippen molar-refractivity contribution in [2.45, 2.75) is 20.0 Å². The molecule has 1 amide bonds. The van der Waals surface area contributed by atoms with E-state index in [2.05, 4.69) is 15.5 Å². The van der Waals surface area contributed by atoms with Crippen molar-refractivity contribution in [2.24, 2.45) is 0 Å². The van der Waals surface area contributed by atoms with Crippen LogP contribution >= 0.6 is 23.2 Å². The molecule has 3 aromatic rings. The summed E-state index contributed by atoms with van der Waals surface area (Å²) in [5, 5.41) is 12.0. The minimum absolute atomic E-state index is 0.305. The highest BCUT2D eigenvalue weighted by molar-refractivity contribution is 6.37. The highest BCUT2D eigenvalue weighted by Crippen LogP contribution is 2.22. The number of nitrogens with zero attached hydrogens (tertiary/aromatic N) is 4. The molecule has 0 radical (unpaired) electrons. The summed E-state index contributed by atoms with van der Waals surface area (Å²) in [5.74, 6) is -0.310. The summed E-state index contributed by atoms with van der Waals surface area (Å²) >= 11 is 11.9. The van der Waals surface area contributed by atoms with Crippen molar-refractivity contribution >= 4 is 34.8 Å². The lowest BCUT2D eigenvalue weighted by Gasteiger charge is -2.05. The number of rotatable bonds is 5. The van der Waals surface area contributed by atoms with Crippen molar-refractivity contribution in [3.05, 3.63) is 64.2 Å². The number of aromatic nitrogens is 4. The smallest absolute Gasteiger partial charge is 0.257 e. The second-order valence-electron chi connectivity index (χ2n) is 5.21. The summed E-state index contributed by atoms with van der Waals surface area (Å²) in [7, 11) is 0. The molecule has 0 saturated heterocycles. The van der Waals surface area contributed by atoms with Crippen molar-refractivity contribution < 1.29 is 4.79 Å². The van der Waals surface area contributed by atoms with Crippen LogP contribution in [0, 0.1) is 0 Å². The first-order chi connectivity index (χ1) is 11.5. The Balaban J connectivity index is 1.68. The van der Waals surface area contributed by atoms with E-state index >= 15 is 0 Å². The van der Waals surface area contributed by atoms with Crippen LogP contribution in [0.5, 0.6) is 0 Å². The van der Waals surface area contributed by atoms with Crippen molar-refractivity contribution in [3.63, 3.8) is 0 Å². The first-order valence-corrected chi connectivity index (χ1v) is 8.11. The molecule has 8 heteroatoms. The molecule has 0 aliphatic rings. The predicted octanol–water partition coefficient (Wildman–Crippen LogP) is 3.71. The van der Waals surface area contributed by atoms with E-state index in [4.69, 9.17) is 23.2 Å². The minimum atomic E-state index is -0.310. The number of halogens is 2. The Kier molecular flexibility index (Phi) is 4.87. The second-order valence-corrected chi connectivity index (χ2v) is 6.05. The van der Waals surface area contributed by atoms with Crippen LogP contribution in [0.1, 0.15) is 22.8 Å². The summed E-state index contributed by atoms with van der Waals surface area (Å²) in [6, 6.07) is 4.74. The number of nitrogens with one attached hydrogen (secondary N) is 1. The van der Waals surface area contributed by atoms with Crippen LogP contribution < -0.4 is 5.32 Å². The standard InChI is InChI=1S/C16H15Cl2N5O/c1-2-22-8-11(6-19-22)9-23-10-13(7-20-23)21-16(24)14-4-3-12(17)5-15(14)18/h3-8,10H,2,9H2,1H3,(H,21,24). The average Bonchev–Trinajstić information content (AvgIpc) is 3.17. The predicted molar refractivity (Wildman–Crippen MR) is 93.6 cm³/mol. The molecule has 0 saturated carbocycles. The van der Waals surface area contributed by atoms with Gasteiger partial charge in [-0.25, -0.2) is 0 Å². The molecule has 0 fully saturated rings. The number of anilines is 1. The maximum atomic E-state index is 12.3. The van der Waals surface area contributed by atoms with E-state index in [1.807, 2.05) is 17.8 Å². The summed E-state index contributed by atoms with van der Waals surface area (Å²) in [4.78, 5) is 12.3. The van der Waals surface area contributed by atoms with Gasteiger partial charge in [0.15, 0.2) is 0 Å². The third kappa shape index (κ3) is 3.77. The number of hydrogen-bond donors (Lipinski definition) is 1. The van der Waals surface area contributed by atoms with Gasteiger partial charge >= 0.3 is 0 Å². The molecule has 0 bridgehead atoms. The van der Waals surface area contributed by atoms with Gasteiger partial charge in [-0.2, -0.15) is 10.2 Å². The second kappa shape index (κ2) is 7.07. The van der Waals surface area contributed by atoms with Crippen LogP contribution in [0.25, 0.3) is 0 Å². The SMILES string of the molecule is CCn1cc(Cn2cc(NC(=O)c3ccc(Cl)cc3Cl)cn2)cn1. The van der Waals surface area contributed by atoms with Gasteiger partial charge in [0.05, 0.1) is 35.2 Å². The van der Waals surface area contributed by atoms with E-state index in [0.29, 0.717) is 27.8 Å². The first kappa shape index (κ1) is 16.5. The molecule has 124 valence electrons. The highest BCUT2D eigenvalue weighted by atomic mass is 35.5. The molecule has 24 heavy (non-hydrogen) atoms. The minimum Gasteiger partial charge on any atom is -0.319 e. The molecular weight excluding hydrogens is 349 g/mol. The lowest BCUT2D eigenvalue weighted by Crippen LogP contribution is -2.12. The Morgan fingerprint density at radius 3 is 2.67 bits per heavy atom. The van der Waals surface area contributed by atoms with Crippen LogP contribution in [0.15, 0.2) is 43.0 Å². The Morgan fingerprint density at radius 1 is 1.17 bits per heavy atom. The molecule has 0 unspecified atom stereocenters. The van der Waals surface area contributed by atoms with Gasteiger partial charge in [-0.3, -0.25) is 14.2 Å². The van der Waals surface area contributed by atoms with Crippen molar-refractivity contribution in [1.29, 1.82) is 0 Å². The van der Waals surface area contributed by atoms with E-state index in [9.17, 15) is 4.79 Å². The van der Waals surface area contributed by atoms with Gasteiger partial charge in [-0.1, -0.05) is 23.2 Å². The molecule has 2 aromatic heterocycles. The number of amides is 1. The van der Waals surface area contributed by atoms with Gasteiger partial charge in [-0.15, -0.1) is 0 Å². The molecule has 2 heterocycles. The summed E-state index contributed by atoms with van der Waals surface area (Å²) in [6.07, 6.45) is 7.11. The zero-order valence-corrected chi connectivity index (χ0v) is 14.4. The van der Waals surface area contributed by atoms with Gasteiger partial charge in [0.2, 0.25) is 0 Å². The third-order valence-electron chi connectivity index (χ3n) is 3.42. The normalized spacial score (nSPS) is 10.8. The zero-order valence-electron chi connectivity index (χ0n) is 12.9. The van der Waals surface area contributed by atoms with Crippen LogP contribution in [-0.2, 0) is 13.1 Å². The van der Waals surface area contributed by atoms with Crippen molar-refractivity contribution in [2.75, 3.05) is 5.32 Å². The number of carbonyl (C=O) groups is 1. The lowest BCUT2D eigenvalue weighted by molar-refractivity contribution is 0.102. The molecule has 6 nitrogen and oxygen atoms in total. The van der Waals surface area contributed by atoms with Crippen LogP contribution in [0.4, 0.5) is 5.69 Å². The number of aryl methyl sites for hydroxylation is 1. The quantitative estimate of drug-likeness (QED) is 0.751. The van der Waals surface area contributed by atoms with E-state index in [1.165, 1.54) is 6.07 Å². The molecule has 1 aromatic carbocycles. The Bertz CT molecular complexity index is 871. The molecule has 0 spiro atoms. The van der Waals surface area contributed by atoms with Gasteiger partial charge < -0.3 is 5.32 Å². The maximum Gasteiger partial charge on any atom is 0.257 e. The van der Waals surface area contributed by atoms with E-state index < -0.39 is 0 Å². The van der Waals surface area contributed by atoms with Crippen molar-refractivity contribution in [3.8, 4) is 0 Å². The fourth-order valence-corrected chi connectivity index (χ4v) is 2.73. The topological polar surface area (TPSA) is 64.7 Å². The fraction of sp³-hybridized carbons (Fsp3) is 0.188. The third-order valence-corrected chi connectivity index (χ3v) is 3.97. The molecule has 0 atom stereocenters. The summed E-state index contributed by atoms with van der Waals surface area (Å²) in [6.45, 7) is 3.43. The summed E-state index contributed by atoms with van der Waals surface area (Å²) < 4.78 is 3.58. The Hall–Kier alpha value is -2.31. The van der Waals surface area contributed by atoms with Gasteiger partial charge in [0.25, 0.3) is 5.91 Å². The molecular formula is C16H15Cl2N5O. The molecule has 0 aliphatic carbocycles. The monoisotopic (exact) mass is 363 g/mol. The zero-order chi connectivity index (χ0) is 17.1. The average molecular weight is 364 g/mol. The largest absolute Gasteiger partial charge is 0.319 e. The van der Waals surface area contributed by atoms with Gasteiger partial charge in [0.1, 0.15) is 0 Å². The van der Waals surface area contributed by atoms with E-state index in [-0.39, 0.29) is 5.91 Å². The van der Waals surface area contributed by atoms with Crippen LogP contribution in [0.3, 0.4) is 0 Å². The lowest BCUT2D eigenvalue weighted by atomic mass is 10.2. The molecule has 3 rings (SSSR count). The molecule has 1 N–H and O–H groups in total. The highest BCUT2D eigenvalue weighted by Gasteiger charge is 2.12. The van der Waals surface area contributed by atoms with Gasteiger partial charge in [0, 0.05) is 29.5 Å². The Morgan fingerprint density at radius 2 is 1.96 bits per heavy atom. The van der Waals surface area contributed by atoms with Gasteiger partial charge in [-0.05, 0) is 25.1 Å². The van der Waals surface area contributed by atoms with E-state index in [1.54, 1.807) is 35.4 Å².